The summed E-state index contributed by atoms with van der Waals surface area (Å²) in [6.45, 7) is 8.54. The van der Waals surface area contributed by atoms with E-state index in [0.29, 0.717) is 19.6 Å². The number of carbonyl (C=O) groups is 1. The van der Waals surface area contributed by atoms with Gasteiger partial charge in [-0.25, -0.2) is 4.79 Å². The molecule has 35 heavy (non-hydrogen) atoms. The van der Waals surface area contributed by atoms with Crippen LogP contribution < -0.4 is 9.47 Å². The van der Waals surface area contributed by atoms with Crippen LogP contribution in [0.15, 0.2) is 78.4 Å². The average molecular weight is 476 g/mol. The van der Waals surface area contributed by atoms with E-state index in [1.807, 2.05) is 87.5 Å². The van der Waals surface area contributed by atoms with Crippen LogP contribution in [0.25, 0.3) is 0 Å². The van der Waals surface area contributed by atoms with Crippen molar-refractivity contribution >= 4 is 5.97 Å². The van der Waals surface area contributed by atoms with Crippen LogP contribution in [0.4, 0.5) is 0 Å². The quantitative estimate of drug-likeness (QED) is 0.432. The molecule has 1 fully saturated rings. The molecule has 1 aliphatic heterocycles. The van der Waals surface area contributed by atoms with Gasteiger partial charge in [0.05, 0.1) is 0 Å². The van der Waals surface area contributed by atoms with Crippen LogP contribution in [-0.4, -0.2) is 41.7 Å². The molecule has 1 aliphatic carbocycles. The molecule has 1 saturated heterocycles. The highest BCUT2D eigenvalue weighted by atomic mass is 16.6. The number of rotatable bonds is 8. The van der Waals surface area contributed by atoms with Gasteiger partial charge in [-0.2, -0.15) is 0 Å². The molecule has 0 saturated carbocycles. The number of nitrogens with zero attached hydrogens (tertiary/aromatic N) is 1. The lowest BCUT2D eigenvalue weighted by Gasteiger charge is -2.44. The molecular weight excluding hydrogens is 438 g/mol. The molecule has 2 aromatic carbocycles. The van der Waals surface area contributed by atoms with Gasteiger partial charge in [-0.3, -0.25) is 4.90 Å². The van der Waals surface area contributed by atoms with E-state index in [0.717, 1.165) is 48.6 Å². The van der Waals surface area contributed by atoms with Crippen molar-refractivity contribution in [3.63, 3.8) is 0 Å². The fourth-order valence-corrected chi connectivity index (χ4v) is 4.60. The molecule has 2 aromatic rings. The highest BCUT2D eigenvalue weighted by molar-refractivity contribution is 5.85. The third-order valence-electron chi connectivity index (χ3n) is 6.37. The molecule has 1 heterocycles. The smallest absolute Gasteiger partial charge is 0.331 e. The monoisotopic (exact) mass is 475 g/mol. The predicted molar refractivity (Wildman–Crippen MR) is 139 cm³/mol. The molecule has 0 aromatic heterocycles. The molecule has 2 aliphatic rings. The normalized spacial score (nSPS) is 20.7. The summed E-state index contributed by atoms with van der Waals surface area (Å²) < 4.78 is 17.9. The maximum absolute atomic E-state index is 13.5. The van der Waals surface area contributed by atoms with Crippen molar-refractivity contribution in [1.82, 2.24) is 4.90 Å². The van der Waals surface area contributed by atoms with Gasteiger partial charge < -0.3 is 14.2 Å². The maximum Gasteiger partial charge on any atom is 0.331 e. The van der Waals surface area contributed by atoms with Crippen molar-refractivity contribution < 1.29 is 19.0 Å². The molecule has 0 amide bonds. The maximum atomic E-state index is 13.5. The summed E-state index contributed by atoms with van der Waals surface area (Å²) in [5.74, 6) is 1.40. The van der Waals surface area contributed by atoms with Crippen molar-refractivity contribution in [2.24, 2.45) is 0 Å². The Morgan fingerprint density at radius 2 is 1.51 bits per heavy atom. The highest BCUT2D eigenvalue weighted by Gasteiger charge is 2.46. The predicted octanol–water partition coefficient (Wildman–Crippen LogP) is 6.10. The number of ether oxygens (including phenoxy) is 3. The van der Waals surface area contributed by atoms with Gasteiger partial charge in [0.2, 0.25) is 0 Å². The fraction of sp³-hybridized carbons (Fsp3) is 0.433. The summed E-state index contributed by atoms with van der Waals surface area (Å²) in [4.78, 5) is 15.8. The first-order chi connectivity index (χ1) is 16.8. The zero-order valence-corrected chi connectivity index (χ0v) is 21.2. The van der Waals surface area contributed by atoms with Gasteiger partial charge in [0.25, 0.3) is 0 Å². The molecule has 1 unspecified atom stereocenters. The summed E-state index contributed by atoms with van der Waals surface area (Å²) >= 11 is 0. The Labute approximate surface area is 209 Å². The Bertz CT molecular complexity index is 1030. The Balaban J connectivity index is 1.38. The van der Waals surface area contributed by atoms with Gasteiger partial charge in [0, 0.05) is 6.42 Å². The number of benzene rings is 2. The summed E-state index contributed by atoms with van der Waals surface area (Å²) in [7, 11) is 0. The minimum atomic E-state index is -0.768. The van der Waals surface area contributed by atoms with E-state index in [1.165, 1.54) is 6.42 Å². The molecule has 1 atom stereocenters. The molecule has 0 spiro atoms. The first-order valence-corrected chi connectivity index (χ1v) is 12.6. The second-order valence-electron chi connectivity index (χ2n) is 10.4. The van der Waals surface area contributed by atoms with E-state index < -0.39 is 11.1 Å². The average Bonchev–Trinajstić information content (AvgIpc) is 2.87. The molecule has 0 radical (unpaired) electrons. The Kier molecular flexibility index (Phi) is 7.97. The molecular formula is C30H37NO4. The van der Waals surface area contributed by atoms with Crippen molar-refractivity contribution in [3.05, 3.63) is 84.0 Å². The highest BCUT2D eigenvalue weighted by Crippen LogP contribution is 2.35. The summed E-state index contributed by atoms with van der Waals surface area (Å²) in [5.41, 5.74) is 0.909. The van der Waals surface area contributed by atoms with Gasteiger partial charge in [0.15, 0.2) is 0 Å². The molecule has 0 bridgehead atoms. The van der Waals surface area contributed by atoms with E-state index in [4.69, 9.17) is 14.2 Å². The number of hydrogen-bond acceptors (Lipinski definition) is 5. The molecule has 186 valence electrons. The fourth-order valence-electron chi connectivity index (χ4n) is 4.60. The summed E-state index contributed by atoms with van der Waals surface area (Å²) in [6, 6.07) is 17.8. The lowest BCUT2D eigenvalue weighted by atomic mass is 9.83. The largest absolute Gasteiger partial charge is 0.489 e. The zero-order chi connectivity index (χ0) is 24.7. The van der Waals surface area contributed by atoms with Gasteiger partial charge >= 0.3 is 5.97 Å². The van der Waals surface area contributed by atoms with Gasteiger partial charge in [-0.05, 0) is 82.1 Å². The van der Waals surface area contributed by atoms with Crippen molar-refractivity contribution in [1.29, 1.82) is 0 Å². The molecule has 4 rings (SSSR count). The summed E-state index contributed by atoms with van der Waals surface area (Å²) in [6.07, 6.45) is 10.1. The van der Waals surface area contributed by atoms with Crippen LogP contribution in [0.3, 0.4) is 0 Å². The Hall–Kier alpha value is -3.05. The lowest BCUT2D eigenvalue weighted by molar-refractivity contribution is -0.167. The number of esters is 1. The first kappa shape index (κ1) is 25.1. The number of allylic oxidation sites excluding steroid dienone is 2. The Morgan fingerprint density at radius 3 is 2.14 bits per heavy atom. The number of hydrogen-bond donors (Lipinski definition) is 0. The number of carbonyl (C=O) groups excluding carboxylic acids is 1. The van der Waals surface area contributed by atoms with E-state index in [2.05, 4.69) is 11.0 Å². The lowest BCUT2D eigenvalue weighted by Crippen LogP contribution is -2.57. The van der Waals surface area contributed by atoms with E-state index >= 15 is 0 Å². The standard InChI is InChI=1S/C30H37NO4/c1-29(2,3)35-28(32)30(31-19-8-5-9-20-31)18-10-13-25(21-30)23-34-27-16-14-26(15-17-27)33-22-24-11-6-4-7-12-24/h4,6-7,10-18H,5,8-9,19-23H2,1-3H3. The van der Waals surface area contributed by atoms with Crippen LogP contribution in [0.1, 0.15) is 52.0 Å². The zero-order valence-electron chi connectivity index (χ0n) is 21.2. The van der Waals surface area contributed by atoms with Crippen LogP contribution in [0, 0.1) is 0 Å². The van der Waals surface area contributed by atoms with Gasteiger partial charge in [-0.1, -0.05) is 55.0 Å². The molecule has 0 N–H and O–H groups in total. The summed E-state index contributed by atoms with van der Waals surface area (Å²) in [5, 5.41) is 0. The van der Waals surface area contributed by atoms with Crippen molar-refractivity contribution in [3.8, 4) is 11.5 Å². The Morgan fingerprint density at radius 1 is 0.886 bits per heavy atom. The van der Waals surface area contributed by atoms with Crippen LogP contribution in [0.5, 0.6) is 11.5 Å². The SMILES string of the molecule is CC(C)(C)OC(=O)C1(N2CCCCC2)C=CC=C(COc2ccc(OCc3ccccc3)cc2)C1. The van der Waals surface area contributed by atoms with Crippen LogP contribution in [-0.2, 0) is 16.1 Å². The third-order valence-corrected chi connectivity index (χ3v) is 6.37. The third kappa shape index (κ3) is 6.76. The van der Waals surface area contributed by atoms with E-state index in [9.17, 15) is 4.79 Å². The number of likely N-dealkylation sites (tertiary alicyclic amines) is 1. The number of piperidine rings is 1. The minimum Gasteiger partial charge on any atom is -0.489 e. The van der Waals surface area contributed by atoms with Crippen molar-refractivity contribution in [2.75, 3.05) is 19.7 Å². The van der Waals surface area contributed by atoms with Gasteiger partial charge in [0.1, 0.15) is 35.9 Å². The van der Waals surface area contributed by atoms with Crippen molar-refractivity contribution in [2.45, 2.75) is 64.2 Å². The molecule has 5 nitrogen and oxygen atoms in total. The minimum absolute atomic E-state index is 0.173. The van der Waals surface area contributed by atoms with Crippen LogP contribution >= 0.6 is 0 Å². The first-order valence-electron chi connectivity index (χ1n) is 12.6. The van der Waals surface area contributed by atoms with Gasteiger partial charge in [-0.15, -0.1) is 0 Å². The second-order valence-corrected chi connectivity index (χ2v) is 10.4. The van der Waals surface area contributed by atoms with E-state index in [-0.39, 0.29) is 5.97 Å². The second kappa shape index (κ2) is 11.1. The molecule has 5 heteroatoms. The van der Waals surface area contributed by atoms with Crippen LogP contribution in [0.2, 0.25) is 0 Å². The topological polar surface area (TPSA) is 48.0 Å². The van der Waals surface area contributed by atoms with E-state index in [1.54, 1.807) is 0 Å².